The molecule has 1 aliphatic rings. The summed E-state index contributed by atoms with van der Waals surface area (Å²) in [6.45, 7) is 10.7. The van der Waals surface area contributed by atoms with E-state index in [0.29, 0.717) is 35.7 Å². The Morgan fingerprint density at radius 2 is 2.00 bits per heavy atom. The van der Waals surface area contributed by atoms with Crippen LogP contribution in [-0.2, 0) is 16.0 Å². The summed E-state index contributed by atoms with van der Waals surface area (Å²) in [6.07, 6.45) is -0.293. The van der Waals surface area contributed by atoms with Crippen LogP contribution in [0, 0.1) is 13.8 Å². The highest BCUT2D eigenvalue weighted by molar-refractivity contribution is 6.00. The molecule has 0 spiro atoms. The molecule has 1 aromatic heterocycles. The molecule has 162 valence electrons. The average Bonchev–Trinajstić information content (AvgIpc) is 3.01. The van der Waals surface area contributed by atoms with E-state index >= 15 is 0 Å². The summed E-state index contributed by atoms with van der Waals surface area (Å²) in [7, 11) is 0. The highest BCUT2D eigenvalue weighted by atomic mass is 16.5. The molecule has 0 radical (unpaired) electrons. The quantitative estimate of drug-likeness (QED) is 0.682. The molecule has 7 heteroatoms. The summed E-state index contributed by atoms with van der Waals surface area (Å²) >= 11 is 0. The van der Waals surface area contributed by atoms with E-state index in [0.717, 1.165) is 19.6 Å². The van der Waals surface area contributed by atoms with Gasteiger partial charge in [0.05, 0.1) is 24.4 Å². The van der Waals surface area contributed by atoms with Gasteiger partial charge in [-0.3, -0.25) is 9.69 Å². The topological polar surface area (TPSA) is 83.7 Å². The summed E-state index contributed by atoms with van der Waals surface area (Å²) in [5.74, 6) is -0.662. The number of esters is 1. The molecule has 1 fully saturated rings. The van der Waals surface area contributed by atoms with Crippen LogP contribution in [-0.4, -0.2) is 60.2 Å². The molecule has 0 bridgehead atoms. The van der Waals surface area contributed by atoms with Crippen molar-refractivity contribution in [2.24, 2.45) is 0 Å². The van der Waals surface area contributed by atoms with Crippen LogP contribution in [0.5, 0.6) is 0 Å². The third kappa shape index (κ3) is 5.49. The van der Waals surface area contributed by atoms with Crippen molar-refractivity contribution in [1.29, 1.82) is 0 Å². The van der Waals surface area contributed by atoms with Crippen LogP contribution in [0.3, 0.4) is 0 Å². The standard InChI is InChI=1S/C23H31N3O4/c1-15(2)30-23(28)20-16(3)21(25-17(20)4)22(27)24-12-19-14-26(10-11-29-19)13-18-8-6-5-7-9-18/h5-9,15,19,25H,10-14H2,1-4H3,(H,24,27). The number of H-pyrrole nitrogens is 1. The fourth-order valence-electron chi connectivity index (χ4n) is 3.74. The van der Waals surface area contributed by atoms with Gasteiger partial charge in [0.25, 0.3) is 5.91 Å². The number of nitrogens with one attached hydrogen (secondary N) is 2. The van der Waals surface area contributed by atoms with Crippen LogP contribution in [0.2, 0.25) is 0 Å². The lowest BCUT2D eigenvalue weighted by atomic mass is 10.1. The average molecular weight is 414 g/mol. The third-order valence-corrected chi connectivity index (χ3v) is 5.17. The fourth-order valence-corrected chi connectivity index (χ4v) is 3.74. The summed E-state index contributed by atoms with van der Waals surface area (Å²) in [5, 5.41) is 2.94. The highest BCUT2D eigenvalue weighted by Crippen LogP contribution is 2.20. The minimum Gasteiger partial charge on any atom is -0.459 e. The fraction of sp³-hybridized carbons (Fsp3) is 0.478. The van der Waals surface area contributed by atoms with Crippen molar-refractivity contribution in [3.05, 3.63) is 58.4 Å². The maximum absolute atomic E-state index is 12.7. The molecule has 1 aliphatic heterocycles. The van der Waals surface area contributed by atoms with Crippen LogP contribution in [0.25, 0.3) is 0 Å². The third-order valence-electron chi connectivity index (χ3n) is 5.17. The molecule has 1 saturated heterocycles. The molecule has 7 nitrogen and oxygen atoms in total. The maximum Gasteiger partial charge on any atom is 0.340 e. The molecule has 1 atom stereocenters. The second kappa shape index (κ2) is 9.91. The lowest BCUT2D eigenvalue weighted by Crippen LogP contribution is -2.47. The Kier molecular flexibility index (Phi) is 7.29. The van der Waals surface area contributed by atoms with E-state index in [1.54, 1.807) is 27.7 Å². The van der Waals surface area contributed by atoms with Crippen molar-refractivity contribution in [3.8, 4) is 0 Å². The van der Waals surface area contributed by atoms with Gasteiger partial charge in [-0.25, -0.2) is 4.79 Å². The van der Waals surface area contributed by atoms with Gasteiger partial charge in [-0.1, -0.05) is 30.3 Å². The lowest BCUT2D eigenvalue weighted by molar-refractivity contribution is -0.0292. The maximum atomic E-state index is 12.7. The van der Waals surface area contributed by atoms with Gasteiger partial charge in [0.2, 0.25) is 0 Å². The number of ether oxygens (including phenoxy) is 2. The smallest absolute Gasteiger partial charge is 0.340 e. The van der Waals surface area contributed by atoms with Gasteiger partial charge >= 0.3 is 5.97 Å². The van der Waals surface area contributed by atoms with Gasteiger partial charge < -0.3 is 19.8 Å². The molecule has 1 amide bonds. The number of nitrogens with zero attached hydrogens (tertiary/aromatic N) is 1. The number of rotatable bonds is 7. The van der Waals surface area contributed by atoms with Crippen LogP contribution in [0.1, 0.15) is 51.5 Å². The Morgan fingerprint density at radius 3 is 2.70 bits per heavy atom. The highest BCUT2D eigenvalue weighted by Gasteiger charge is 2.25. The van der Waals surface area contributed by atoms with E-state index in [-0.39, 0.29) is 18.1 Å². The summed E-state index contributed by atoms with van der Waals surface area (Å²) in [5.41, 5.74) is 3.31. The lowest BCUT2D eigenvalue weighted by Gasteiger charge is -2.33. The Labute approximate surface area is 177 Å². The van der Waals surface area contributed by atoms with E-state index in [1.165, 1.54) is 5.56 Å². The second-order valence-corrected chi connectivity index (χ2v) is 8.00. The van der Waals surface area contributed by atoms with Gasteiger partial charge in [-0.15, -0.1) is 0 Å². The largest absolute Gasteiger partial charge is 0.459 e. The molecule has 2 N–H and O–H groups in total. The van der Waals surface area contributed by atoms with Gasteiger partial charge in [0.1, 0.15) is 5.69 Å². The van der Waals surface area contributed by atoms with Crippen LogP contribution < -0.4 is 5.32 Å². The molecule has 30 heavy (non-hydrogen) atoms. The van der Waals surface area contributed by atoms with E-state index in [1.807, 2.05) is 18.2 Å². The molecule has 2 aromatic rings. The first-order chi connectivity index (χ1) is 14.3. The van der Waals surface area contributed by atoms with Gasteiger partial charge in [-0.2, -0.15) is 0 Å². The zero-order valence-electron chi connectivity index (χ0n) is 18.2. The molecular formula is C23H31N3O4. The minimum absolute atomic E-state index is 0.0758. The molecule has 1 aromatic carbocycles. The SMILES string of the molecule is Cc1[nH]c(C(=O)NCC2CN(Cc3ccccc3)CCO2)c(C)c1C(=O)OC(C)C. The first kappa shape index (κ1) is 22.1. The summed E-state index contributed by atoms with van der Waals surface area (Å²) in [6, 6.07) is 10.3. The number of hydrogen-bond acceptors (Lipinski definition) is 5. The van der Waals surface area contributed by atoms with E-state index in [9.17, 15) is 9.59 Å². The molecule has 0 aliphatic carbocycles. The number of benzene rings is 1. The Hall–Kier alpha value is -2.64. The Balaban J connectivity index is 1.57. The van der Waals surface area contributed by atoms with Crippen molar-refractivity contribution in [1.82, 2.24) is 15.2 Å². The zero-order valence-corrected chi connectivity index (χ0v) is 18.2. The number of carbonyl (C=O) groups is 2. The Morgan fingerprint density at radius 1 is 1.27 bits per heavy atom. The van der Waals surface area contributed by atoms with E-state index in [4.69, 9.17) is 9.47 Å². The first-order valence-electron chi connectivity index (χ1n) is 10.4. The van der Waals surface area contributed by atoms with Crippen molar-refractivity contribution < 1.29 is 19.1 Å². The second-order valence-electron chi connectivity index (χ2n) is 8.00. The number of carbonyl (C=O) groups excluding carboxylic acids is 2. The van der Waals surface area contributed by atoms with Gasteiger partial charge in [0, 0.05) is 31.9 Å². The predicted octanol–water partition coefficient (Wildman–Crippen LogP) is 2.83. The number of amides is 1. The molecule has 0 saturated carbocycles. The Bertz CT molecular complexity index is 876. The molecule has 2 heterocycles. The minimum atomic E-state index is -0.414. The van der Waals surface area contributed by atoms with Crippen LogP contribution in [0.15, 0.2) is 30.3 Å². The molecular weight excluding hydrogens is 382 g/mol. The van der Waals surface area contributed by atoms with Gasteiger partial charge in [-0.05, 0) is 38.8 Å². The summed E-state index contributed by atoms with van der Waals surface area (Å²) in [4.78, 5) is 30.4. The number of aryl methyl sites for hydroxylation is 1. The van der Waals surface area contributed by atoms with Crippen molar-refractivity contribution in [2.45, 2.75) is 46.4 Å². The molecule has 3 rings (SSSR count). The number of hydrogen-bond donors (Lipinski definition) is 2. The normalized spacial score (nSPS) is 17.2. The zero-order chi connectivity index (χ0) is 21.7. The van der Waals surface area contributed by atoms with Crippen LogP contribution in [0.4, 0.5) is 0 Å². The van der Waals surface area contributed by atoms with Crippen molar-refractivity contribution >= 4 is 11.9 Å². The molecule has 1 unspecified atom stereocenters. The number of aromatic nitrogens is 1. The first-order valence-corrected chi connectivity index (χ1v) is 10.4. The van der Waals surface area contributed by atoms with E-state index in [2.05, 4.69) is 27.3 Å². The van der Waals surface area contributed by atoms with E-state index < -0.39 is 5.97 Å². The van der Waals surface area contributed by atoms with Crippen molar-refractivity contribution in [3.63, 3.8) is 0 Å². The monoisotopic (exact) mass is 413 g/mol. The number of morpholine rings is 1. The van der Waals surface area contributed by atoms with Crippen LogP contribution >= 0.6 is 0 Å². The van der Waals surface area contributed by atoms with Gasteiger partial charge in [0.15, 0.2) is 0 Å². The predicted molar refractivity (Wildman–Crippen MR) is 115 cm³/mol. The summed E-state index contributed by atoms with van der Waals surface area (Å²) < 4.78 is 11.1. The number of aromatic amines is 1. The van der Waals surface area contributed by atoms with Crippen molar-refractivity contribution in [2.75, 3.05) is 26.2 Å².